The third-order valence-corrected chi connectivity index (χ3v) is 3.63. The van der Waals surface area contributed by atoms with Crippen molar-refractivity contribution in [3.63, 3.8) is 0 Å². The van der Waals surface area contributed by atoms with Crippen LogP contribution in [0.3, 0.4) is 0 Å². The van der Waals surface area contributed by atoms with Gasteiger partial charge < -0.3 is 14.6 Å². The van der Waals surface area contributed by atoms with Gasteiger partial charge in [-0.25, -0.2) is 0 Å². The lowest BCUT2D eigenvalue weighted by Gasteiger charge is -2.11. The van der Waals surface area contributed by atoms with E-state index in [1.54, 1.807) is 25.1 Å². The Morgan fingerprint density at radius 1 is 1.14 bits per heavy atom. The molecule has 3 nitrogen and oxygen atoms in total. The van der Waals surface area contributed by atoms with Crippen molar-refractivity contribution in [2.45, 2.75) is 13.0 Å². The number of halogens is 2. The fourth-order valence-electron chi connectivity index (χ4n) is 1.76. The summed E-state index contributed by atoms with van der Waals surface area (Å²) >= 11 is 9.49. The highest BCUT2D eigenvalue weighted by molar-refractivity contribution is 9.10. The second-order valence-electron chi connectivity index (χ2n) is 4.52. The van der Waals surface area contributed by atoms with Crippen molar-refractivity contribution in [3.8, 4) is 11.5 Å². The smallest absolute Gasteiger partial charge is 0.138 e. The average molecular weight is 372 g/mol. The molecule has 112 valence electrons. The molecule has 21 heavy (non-hydrogen) atoms. The van der Waals surface area contributed by atoms with Gasteiger partial charge in [0.25, 0.3) is 0 Å². The van der Waals surface area contributed by atoms with Gasteiger partial charge in [0.05, 0.1) is 11.1 Å². The van der Waals surface area contributed by atoms with Gasteiger partial charge in [-0.15, -0.1) is 0 Å². The van der Waals surface area contributed by atoms with Crippen LogP contribution in [0.5, 0.6) is 11.5 Å². The van der Waals surface area contributed by atoms with Crippen molar-refractivity contribution < 1.29 is 14.6 Å². The maximum absolute atomic E-state index is 9.48. The van der Waals surface area contributed by atoms with Gasteiger partial charge >= 0.3 is 0 Å². The van der Waals surface area contributed by atoms with E-state index in [9.17, 15) is 5.11 Å². The number of aliphatic hydroxyl groups is 1. The number of hydrogen-bond acceptors (Lipinski definition) is 3. The molecule has 1 atom stereocenters. The standard InChI is InChI=1S/C16H16BrClO3/c1-11(19)12-5-6-16(15(18)9-12)21-8-7-20-14-4-2-3-13(17)10-14/h2-6,9-11,19H,7-8H2,1H3/t11-/m1/s1. The average Bonchev–Trinajstić information content (AvgIpc) is 2.45. The van der Waals surface area contributed by atoms with Crippen LogP contribution in [-0.2, 0) is 0 Å². The molecule has 2 aromatic rings. The molecule has 0 aliphatic rings. The van der Waals surface area contributed by atoms with Gasteiger partial charge in [-0.2, -0.15) is 0 Å². The Labute approximate surface area is 137 Å². The maximum Gasteiger partial charge on any atom is 0.138 e. The summed E-state index contributed by atoms with van der Waals surface area (Å²) in [6.45, 7) is 2.50. The first kappa shape index (κ1) is 16.1. The zero-order valence-corrected chi connectivity index (χ0v) is 13.9. The monoisotopic (exact) mass is 370 g/mol. The van der Waals surface area contributed by atoms with E-state index in [0.29, 0.717) is 24.0 Å². The van der Waals surface area contributed by atoms with Crippen LogP contribution in [0, 0.1) is 0 Å². The fourth-order valence-corrected chi connectivity index (χ4v) is 2.38. The summed E-state index contributed by atoms with van der Waals surface area (Å²) in [4.78, 5) is 0. The molecule has 0 aromatic heterocycles. The Balaban J connectivity index is 1.83. The minimum Gasteiger partial charge on any atom is -0.490 e. The van der Waals surface area contributed by atoms with Crippen molar-refractivity contribution in [2.75, 3.05) is 13.2 Å². The summed E-state index contributed by atoms with van der Waals surface area (Å²) in [7, 11) is 0. The van der Waals surface area contributed by atoms with Crippen LogP contribution < -0.4 is 9.47 Å². The van der Waals surface area contributed by atoms with Crippen molar-refractivity contribution in [1.82, 2.24) is 0 Å². The topological polar surface area (TPSA) is 38.7 Å². The van der Waals surface area contributed by atoms with Crippen LogP contribution >= 0.6 is 27.5 Å². The van der Waals surface area contributed by atoms with E-state index in [0.717, 1.165) is 15.8 Å². The molecule has 0 heterocycles. The van der Waals surface area contributed by atoms with Crippen molar-refractivity contribution in [2.24, 2.45) is 0 Å². The largest absolute Gasteiger partial charge is 0.490 e. The third-order valence-electron chi connectivity index (χ3n) is 2.84. The molecule has 0 spiro atoms. The van der Waals surface area contributed by atoms with E-state index >= 15 is 0 Å². The van der Waals surface area contributed by atoms with Crippen molar-refractivity contribution >= 4 is 27.5 Å². The SMILES string of the molecule is C[C@@H](O)c1ccc(OCCOc2cccc(Br)c2)c(Cl)c1. The molecule has 0 amide bonds. The van der Waals surface area contributed by atoms with E-state index in [2.05, 4.69) is 15.9 Å². The van der Waals surface area contributed by atoms with Crippen LogP contribution in [0.15, 0.2) is 46.9 Å². The summed E-state index contributed by atoms with van der Waals surface area (Å²) in [6.07, 6.45) is -0.545. The summed E-state index contributed by atoms with van der Waals surface area (Å²) in [6, 6.07) is 12.9. The second-order valence-corrected chi connectivity index (χ2v) is 5.84. The third kappa shape index (κ3) is 4.92. The normalized spacial score (nSPS) is 12.0. The zero-order chi connectivity index (χ0) is 15.2. The maximum atomic E-state index is 9.48. The van der Waals surface area contributed by atoms with Crippen molar-refractivity contribution in [3.05, 3.63) is 57.5 Å². The molecule has 2 rings (SSSR count). The van der Waals surface area contributed by atoms with E-state index in [1.165, 1.54) is 0 Å². The van der Waals surface area contributed by atoms with Gasteiger partial charge in [0.2, 0.25) is 0 Å². The van der Waals surface area contributed by atoms with Gasteiger partial charge in [0, 0.05) is 4.47 Å². The molecular weight excluding hydrogens is 356 g/mol. The summed E-state index contributed by atoms with van der Waals surface area (Å²) in [5.41, 5.74) is 0.762. The lowest BCUT2D eigenvalue weighted by Crippen LogP contribution is -2.09. The van der Waals surface area contributed by atoms with Crippen LogP contribution in [-0.4, -0.2) is 18.3 Å². The molecule has 0 fully saturated rings. The minimum atomic E-state index is -0.545. The summed E-state index contributed by atoms with van der Waals surface area (Å²) in [5.74, 6) is 1.36. The van der Waals surface area contributed by atoms with Gasteiger partial charge in [0.1, 0.15) is 24.7 Å². The highest BCUT2D eigenvalue weighted by Gasteiger charge is 2.06. The fraction of sp³-hybridized carbons (Fsp3) is 0.250. The Kier molecular flexibility index (Phi) is 5.91. The molecule has 0 aliphatic carbocycles. The van der Waals surface area contributed by atoms with Crippen molar-refractivity contribution in [1.29, 1.82) is 0 Å². The molecule has 0 radical (unpaired) electrons. The summed E-state index contributed by atoms with van der Waals surface area (Å²) < 4.78 is 12.1. The molecule has 5 heteroatoms. The quantitative estimate of drug-likeness (QED) is 0.753. The Bertz CT molecular complexity index is 602. The van der Waals surface area contributed by atoms with Crippen LogP contribution in [0.2, 0.25) is 5.02 Å². The van der Waals surface area contributed by atoms with Gasteiger partial charge in [-0.05, 0) is 42.8 Å². The zero-order valence-electron chi connectivity index (χ0n) is 11.6. The number of hydrogen-bond donors (Lipinski definition) is 1. The first-order valence-electron chi connectivity index (χ1n) is 6.55. The number of ether oxygens (including phenoxy) is 2. The van der Waals surface area contributed by atoms with E-state index in [4.69, 9.17) is 21.1 Å². The van der Waals surface area contributed by atoms with Crippen LogP contribution in [0.4, 0.5) is 0 Å². The Morgan fingerprint density at radius 2 is 1.90 bits per heavy atom. The predicted molar refractivity (Wildman–Crippen MR) is 87.2 cm³/mol. The molecule has 2 aromatic carbocycles. The number of benzene rings is 2. The van der Waals surface area contributed by atoms with E-state index < -0.39 is 6.10 Å². The van der Waals surface area contributed by atoms with E-state index in [1.807, 2.05) is 24.3 Å². The lowest BCUT2D eigenvalue weighted by atomic mass is 10.1. The molecular formula is C16H16BrClO3. The van der Waals surface area contributed by atoms with Gasteiger partial charge in [-0.3, -0.25) is 0 Å². The number of rotatable bonds is 6. The first-order valence-corrected chi connectivity index (χ1v) is 7.72. The van der Waals surface area contributed by atoms with E-state index in [-0.39, 0.29) is 0 Å². The van der Waals surface area contributed by atoms with Gasteiger partial charge in [0.15, 0.2) is 0 Å². The first-order chi connectivity index (χ1) is 10.1. The molecule has 0 saturated carbocycles. The summed E-state index contributed by atoms with van der Waals surface area (Å²) in [5, 5.41) is 9.96. The molecule has 0 aliphatic heterocycles. The molecule has 1 N–H and O–H groups in total. The highest BCUT2D eigenvalue weighted by Crippen LogP contribution is 2.27. The van der Waals surface area contributed by atoms with Crippen LogP contribution in [0.25, 0.3) is 0 Å². The van der Waals surface area contributed by atoms with Gasteiger partial charge in [-0.1, -0.05) is 39.7 Å². The predicted octanol–water partition coefficient (Wildman–Crippen LogP) is 4.61. The molecule has 0 unspecified atom stereocenters. The minimum absolute atomic E-state index is 0.389. The van der Waals surface area contributed by atoms with Crippen LogP contribution in [0.1, 0.15) is 18.6 Å². The Hall–Kier alpha value is -1.23. The molecule has 0 saturated heterocycles. The molecule has 0 bridgehead atoms. The number of aliphatic hydroxyl groups excluding tert-OH is 1. The lowest BCUT2D eigenvalue weighted by molar-refractivity contribution is 0.198. The Morgan fingerprint density at radius 3 is 2.57 bits per heavy atom. The highest BCUT2D eigenvalue weighted by atomic mass is 79.9. The second kappa shape index (κ2) is 7.69.